The van der Waals surface area contributed by atoms with Gasteiger partial charge in [0.05, 0.1) is 12.7 Å². The van der Waals surface area contributed by atoms with E-state index in [2.05, 4.69) is 33.8 Å². The van der Waals surface area contributed by atoms with Gasteiger partial charge in [-0.2, -0.15) is 0 Å². The highest BCUT2D eigenvalue weighted by Gasteiger charge is 2.26. The molecule has 3 rings (SSSR count). The summed E-state index contributed by atoms with van der Waals surface area (Å²) in [6.45, 7) is 5.92. The lowest BCUT2D eigenvalue weighted by molar-refractivity contribution is -0.120. The fourth-order valence-corrected chi connectivity index (χ4v) is 3.43. The largest absolute Gasteiger partial charge is 0.465 e. The highest BCUT2D eigenvalue weighted by molar-refractivity contribution is 5.94. The molecule has 7 nitrogen and oxygen atoms in total. The van der Waals surface area contributed by atoms with Crippen molar-refractivity contribution in [3.8, 4) is 0 Å². The number of fused-ring (bicyclic) bond motifs is 1. The van der Waals surface area contributed by atoms with Gasteiger partial charge in [0.2, 0.25) is 11.9 Å². The van der Waals surface area contributed by atoms with Crippen molar-refractivity contribution in [2.75, 3.05) is 30.4 Å². The Kier molecular flexibility index (Phi) is 6.23. The van der Waals surface area contributed by atoms with Crippen molar-refractivity contribution >= 4 is 23.5 Å². The number of aryl methyl sites for hydroxylation is 1. The second kappa shape index (κ2) is 8.82. The Labute approximate surface area is 165 Å². The minimum atomic E-state index is -0.397. The van der Waals surface area contributed by atoms with E-state index < -0.39 is 5.97 Å². The van der Waals surface area contributed by atoms with Crippen molar-refractivity contribution in [3.05, 3.63) is 47.3 Å². The van der Waals surface area contributed by atoms with E-state index in [4.69, 9.17) is 4.98 Å². The van der Waals surface area contributed by atoms with Crippen molar-refractivity contribution in [2.24, 2.45) is 5.92 Å². The first-order valence-corrected chi connectivity index (χ1v) is 9.64. The van der Waals surface area contributed by atoms with Crippen LogP contribution in [0.3, 0.4) is 0 Å². The number of esters is 1. The summed E-state index contributed by atoms with van der Waals surface area (Å²) in [5, 5.41) is 2.93. The molecule has 0 spiro atoms. The van der Waals surface area contributed by atoms with Crippen LogP contribution in [0, 0.1) is 5.92 Å². The van der Waals surface area contributed by atoms with Crippen molar-refractivity contribution in [2.45, 2.75) is 33.1 Å². The zero-order chi connectivity index (χ0) is 20.1. The smallest absolute Gasteiger partial charge is 0.337 e. The lowest BCUT2D eigenvalue weighted by Crippen LogP contribution is -2.30. The second-order valence-corrected chi connectivity index (χ2v) is 6.81. The van der Waals surface area contributed by atoms with Crippen LogP contribution in [0.2, 0.25) is 0 Å². The maximum absolute atomic E-state index is 12.7. The average molecular weight is 382 g/mol. The third-order valence-electron chi connectivity index (χ3n) is 5.13. The number of carbonyl (C=O) groups excluding carboxylic acids is 2. The van der Waals surface area contributed by atoms with E-state index >= 15 is 0 Å². The highest BCUT2D eigenvalue weighted by atomic mass is 16.5. The summed E-state index contributed by atoms with van der Waals surface area (Å²) in [6.07, 6.45) is 4.03. The fourth-order valence-electron chi connectivity index (χ4n) is 3.43. The maximum atomic E-state index is 12.7. The summed E-state index contributed by atoms with van der Waals surface area (Å²) in [5.41, 5.74) is 3.21. The van der Waals surface area contributed by atoms with E-state index in [-0.39, 0.29) is 11.8 Å². The van der Waals surface area contributed by atoms with Crippen LogP contribution in [0.15, 0.2) is 30.5 Å². The number of methoxy groups -OCH3 is 1. The molecule has 148 valence electrons. The number of ether oxygens (including phenoxy) is 1. The van der Waals surface area contributed by atoms with E-state index in [1.807, 2.05) is 6.20 Å². The lowest BCUT2D eigenvalue weighted by atomic mass is 9.86. The van der Waals surface area contributed by atoms with Crippen molar-refractivity contribution in [3.63, 3.8) is 0 Å². The SMILES string of the molecule is CCN(CC)c1ncc2c(n1)CC[C@@H](C(=O)Nc1ccc(C(=O)OC)cc1)C2. The molecular formula is C21H26N4O3. The van der Waals surface area contributed by atoms with E-state index in [0.717, 1.165) is 43.1 Å². The van der Waals surface area contributed by atoms with Gasteiger partial charge in [0.1, 0.15) is 0 Å². The third kappa shape index (κ3) is 4.30. The standard InChI is InChI=1S/C21H26N4O3/c1-4-25(5-2)21-22-13-16-12-15(8-11-18(16)24-21)19(26)23-17-9-6-14(7-10-17)20(27)28-3/h6-7,9-10,13,15H,4-5,8,11-12H2,1-3H3,(H,23,26)/t15-/m1/s1. The van der Waals surface area contributed by atoms with E-state index in [9.17, 15) is 9.59 Å². The summed E-state index contributed by atoms with van der Waals surface area (Å²) < 4.78 is 4.68. The molecule has 1 aliphatic rings. The van der Waals surface area contributed by atoms with Crippen LogP contribution < -0.4 is 10.2 Å². The number of carbonyl (C=O) groups is 2. The molecule has 0 aliphatic heterocycles. The van der Waals surface area contributed by atoms with Gasteiger partial charge >= 0.3 is 5.97 Å². The number of aromatic nitrogens is 2. The zero-order valence-corrected chi connectivity index (χ0v) is 16.6. The number of amides is 1. The predicted molar refractivity (Wildman–Crippen MR) is 108 cm³/mol. The van der Waals surface area contributed by atoms with Crippen LogP contribution in [0.25, 0.3) is 0 Å². The molecule has 7 heteroatoms. The highest BCUT2D eigenvalue weighted by Crippen LogP contribution is 2.26. The van der Waals surface area contributed by atoms with Gasteiger partial charge < -0.3 is 15.0 Å². The van der Waals surface area contributed by atoms with Gasteiger partial charge in [0.15, 0.2) is 0 Å². The van der Waals surface area contributed by atoms with Crippen LogP contribution in [0.4, 0.5) is 11.6 Å². The Balaban J connectivity index is 1.65. The molecule has 1 aromatic heterocycles. The van der Waals surface area contributed by atoms with Crippen molar-refractivity contribution in [1.29, 1.82) is 0 Å². The molecule has 0 radical (unpaired) electrons. The van der Waals surface area contributed by atoms with Crippen LogP contribution >= 0.6 is 0 Å². The summed E-state index contributed by atoms with van der Waals surface area (Å²) >= 11 is 0. The van der Waals surface area contributed by atoms with Gasteiger partial charge in [0.25, 0.3) is 0 Å². The third-order valence-corrected chi connectivity index (χ3v) is 5.13. The average Bonchev–Trinajstić information content (AvgIpc) is 2.74. The van der Waals surface area contributed by atoms with Crippen LogP contribution in [-0.2, 0) is 22.4 Å². The van der Waals surface area contributed by atoms with E-state index in [0.29, 0.717) is 17.7 Å². The quantitative estimate of drug-likeness (QED) is 0.774. The van der Waals surface area contributed by atoms with Crippen molar-refractivity contribution in [1.82, 2.24) is 9.97 Å². The Morgan fingerprint density at radius 2 is 1.93 bits per heavy atom. The number of benzene rings is 1. The summed E-state index contributed by atoms with van der Waals surface area (Å²) in [4.78, 5) is 35.5. The monoisotopic (exact) mass is 382 g/mol. The minimum absolute atomic E-state index is 0.0238. The van der Waals surface area contributed by atoms with E-state index in [1.165, 1.54) is 7.11 Å². The number of rotatable bonds is 6. The molecule has 1 atom stereocenters. The Hall–Kier alpha value is -2.96. The molecule has 0 bridgehead atoms. The Morgan fingerprint density at radius 1 is 1.21 bits per heavy atom. The molecule has 1 N–H and O–H groups in total. The maximum Gasteiger partial charge on any atom is 0.337 e. The fraction of sp³-hybridized carbons (Fsp3) is 0.429. The molecule has 1 heterocycles. The van der Waals surface area contributed by atoms with Gasteiger partial charge in [-0.05, 0) is 62.9 Å². The molecule has 0 fully saturated rings. The van der Waals surface area contributed by atoms with Gasteiger partial charge in [-0.1, -0.05) is 0 Å². The molecule has 0 saturated carbocycles. The summed E-state index contributed by atoms with van der Waals surface area (Å²) in [6, 6.07) is 6.70. The predicted octanol–water partition coefficient (Wildman–Crippen LogP) is 2.85. The van der Waals surface area contributed by atoms with Crippen LogP contribution in [-0.4, -0.2) is 42.0 Å². The Bertz CT molecular complexity index is 847. The molecular weight excluding hydrogens is 356 g/mol. The first-order valence-electron chi connectivity index (χ1n) is 9.64. The van der Waals surface area contributed by atoms with Gasteiger partial charge in [-0.25, -0.2) is 14.8 Å². The normalized spacial score (nSPS) is 15.5. The van der Waals surface area contributed by atoms with Gasteiger partial charge in [-0.3, -0.25) is 4.79 Å². The number of hydrogen-bond donors (Lipinski definition) is 1. The van der Waals surface area contributed by atoms with E-state index in [1.54, 1.807) is 24.3 Å². The van der Waals surface area contributed by atoms with Crippen LogP contribution in [0.5, 0.6) is 0 Å². The molecule has 1 aliphatic carbocycles. The molecule has 28 heavy (non-hydrogen) atoms. The molecule has 0 unspecified atom stereocenters. The second-order valence-electron chi connectivity index (χ2n) is 6.81. The van der Waals surface area contributed by atoms with Crippen molar-refractivity contribution < 1.29 is 14.3 Å². The van der Waals surface area contributed by atoms with Gasteiger partial charge in [0, 0.05) is 36.6 Å². The lowest BCUT2D eigenvalue weighted by Gasteiger charge is -2.25. The number of anilines is 2. The number of nitrogens with one attached hydrogen (secondary N) is 1. The zero-order valence-electron chi connectivity index (χ0n) is 16.6. The topological polar surface area (TPSA) is 84.4 Å². The number of nitrogens with zero attached hydrogens (tertiary/aromatic N) is 3. The number of hydrogen-bond acceptors (Lipinski definition) is 6. The summed E-state index contributed by atoms with van der Waals surface area (Å²) in [7, 11) is 1.34. The summed E-state index contributed by atoms with van der Waals surface area (Å²) in [5.74, 6) is 0.225. The Morgan fingerprint density at radius 3 is 2.57 bits per heavy atom. The molecule has 2 aromatic rings. The molecule has 0 saturated heterocycles. The first-order chi connectivity index (χ1) is 13.5. The van der Waals surface area contributed by atoms with Gasteiger partial charge in [-0.15, -0.1) is 0 Å². The minimum Gasteiger partial charge on any atom is -0.465 e. The first kappa shape index (κ1) is 19.8. The molecule has 1 aromatic carbocycles. The molecule has 1 amide bonds. The van der Waals surface area contributed by atoms with Crippen LogP contribution in [0.1, 0.15) is 41.9 Å².